The number of nitrogens with two attached hydrogens (primary N) is 1. The maximum Gasteiger partial charge on any atom is 0.333 e. The number of aliphatic hydroxyl groups excluding tert-OH is 1. The van der Waals surface area contributed by atoms with Crippen LogP contribution in [-0.4, -0.2) is 67.4 Å². The van der Waals surface area contributed by atoms with Crippen LogP contribution in [0.3, 0.4) is 0 Å². The summed E-state index contributed by atoms with van der Waals surface area (Å²) in [5.41, 5.74) is 6.61. The van der Waals surface area contributed by atoms with E-state index in [4.69, 9.17) is 25.4 Å². The highest BCUT2D eigenvalue weighted by Crippen LogP contribution is 2.35. The first-order chi connectivity index (χ1) is 17.4. The lowest BCUT2D eigenvalue weighted by Crippen LogP contribution is -2.42. The van der Waals surface area contributed by atoms with Gasteiger partial charge in [-0.05, 0) is 63.6 Å². The quantitative estimate of drug-likeness (QED) is 0.198. The number of halogens is 1. The zero-order valence-corrected chi connectivity index (χ0v) is 20.8. The summed E-state index contributed by atoms with van der Waals surface area (Å²) in [6, 6.07) is 8.38. The first kappa shape index (κ1) is 27.2. The molecule has 0 radical (unpaired) electrons. The zero-order valence-electron chi connectivity index (χ0n) is 20.8. The number of ether oxygens (including phenoxy) is 3. The molecule has 5 N–H and O–H groups in total. The Morgan fingerprint density at radius 1 is 1.28 bits per heavy atom. The topological polar surface area (TPSA) is 130 Å². The largest absolute Gasteiger partial charge is 0.494 e. The van der Waals surface area contributed by atoms with E-state index in [-0.39, 0.29) is 36.5 Å². The van der Waals surface area contributed by atoms with Crippen LogP contribution < -0.4 is 20.5 Å². The first-order valence-corrected chi connectivity index (χ1v) is 12.2. The predicted molar refractivity (Wildman–Crippen MR) is 135 cm³/mol. The Balaban J connectivity index is 1.95. The molecule has 3 rings (SSSR count). The summed E-state index contributed by atoms with van der Waals surface area (Å²) < 4.78 is 32.9. The van der Waals surface area contributed by atoms with Gasteiger partial charge < -0.3 is 30.4 Å². The highest BCUT2D eigenvalue weighted by Gasteiger charge is 2.30. The Labute approximate surface area is 210 Å². The van der Waals surface area contributed by atoms with Gasteiger partial charge in [-0.15, -0.1) is 0 Å². The van der Waals surface area contributed by atoms with Gasteiger partial charge in [0.2, 0.25) is 0 Å². The van der Waals surface area contributed by atoms with Gasteiger partial charge in [0.15, 0.2) is 17.6 Å². The van der Waals surface area contributed by atoms with Crippen LogP contribution in [-0.2, 0) is 9.53 Å². The molecule has 1 heterocycles. The molecule has 2 aromatic carbocycles. The highest BCUT2D eigenvalue weighted by molar-refractivity contribution is 5.95. The number of amidine groups is 1. The maximum atomic E-state index is 15.9. The van der Waals surface area contributed by atoms with Gasteiger partial charge in [0.05, 0.1) is 19.8 Å². The molecule has 1 aliphatic heterocycles. The molecule has 0 aromatic heterocycles. The van der Waals surface area contributed by atoms with Gasteiger partial charge in [-0.3, -0.25) is 10.3 Å². The molecule has 0 bridgehead atoms. The Hall–Kier alpha value is -3.37. The monoisotopic (exact) mass is 502 g/mol. The van der Waals surface area contributed by atoms with Gasteiger partial charge in [0.1, 0.15) is 17.7 Å². The molecule has 1 saturated heterocycles. The molecule has 2 atom stereocenters. The number of hydrogen-bond donors (Lipinski definition) is 4. The van der Waals surface area contributed by atoms with Crippen LogP contribution in [0.15, 0.2) is 36.4 Å². The van der Waals surface area contributed by atoms with E-state index >= 15 is 4.39 Å². The number of β-amino-alcohol motifs (C(OH)–C–C–N with tert-alkyl or cyclic N) is 1. The first-order valence-electron chi connectivity index (χ1n) is 12.2. The lowest BCUT2D eigenvalue weighted by Gasteiger charge is -2.32. The number of likely N-dealkylation sites (tertiary alicyclic amines) is 1. The van der Waals surface area contributed by atoms with E-state index in [0.29, 0.717) is 36.7 Å². The molecule has 9 nitrogen and oxygen atoms in total. The minimum Gasteiger partial charge on any atom is -0.494 e. The molecule has 0 amide bonds. The van der Waals surface area contributed by atoms with Crippen molar-refractivity contribution in [3.8, 4) is 11.5 Å². The number of nitrogen functional groups attached to an aromatic ring is 1. The summed E-state index contributed by atoms with van der Waals surface area (Å²) in [5.74, 6) is -1.05. The second-order valence-corrected chi connectivity index (χ2v) is 8.48. The maximum absolute atomic E-state index is 15.9. The summed E-state index contributed by atoms with van der Waals surface area (Å²) in [4.78, 5) is 15.0. The molecule has 1 fully saturated rings. The van der Waals surface area contributed by atoms with E-state index in [9.17, 15) is 9.90 Å². The normalized spacial score (nSPS) is 16.7. The second kappa shape index (κ2) is 13.1. The van der Waals surface area contributed by atoms with Crippen LogP contribution in [0.1, 0.15) is 43.9 Å². The summed E-state index contributed by atoms with van der Waals surface area (Å²) in [6.45, 7) is 5.96. The van der Waals surface area contributed by atoms with E-state index in [2.05, 4.69) is 10.2 Å². The fourth-order valence-electron chi connectivity index (χ4n) is 4.17. The van der Waals surface area contributed by atoms with E-state index < -0.39 is 17.8 Å². The number of aliphatic hydroxyl groups is 1. The van der Waals surface area contributed by atoms with Crippen LogP contribution in [0.2, 0.25) is 0 Å². The van der Waals surface area contributed by atoms with Crippen LogP contribution >= 0.6 is 0 Å². The predicted octanol–water partition coefficient (Wildman–Crippen LogP) is 3.06. The van der Waals surface area contributed by atoms with Crippen molar-refractivity contribution in [2.24, 2.45) is 5.73 Å². The Morgan fingerprint density at radius 3 is 2.67 bits per heavy atom. The minimum atomic E-state index is -1.17. The molecule has 0 saturated carbocycles. The van der Waals surface area contributed by atoms with Crippen LogP contribution in [0, 0.1) is 11.2 Å². The van der Waals surface area contributed by atoms with Gasteiger partial charge in [-0.1, -0.05) is 0 Å². The van der Waals surface area contributed by atoms with Crippen LogP contribution in [0.4, 0.5) is 10.1 Å². The fourth-order valence-corrected chi connectivity index (χ4v) is 4.17. The molecule has 36 heavy (non-hydrogen) atoms. The fraction of sp³-hybridized carbons (Fsp3) is 0.462. The van der Waals surface area contributed by atoms with Crippen molar-refractivity contribution >= 4 is 17.5 Å². The minimum absolute atomic E-state index is 0.00479. The van der Waals surface area contributed by atoms with Gasteiger partial charge in [-0.2, -0.15) is 0 Å². The van der Waals surface area contributed by atoms with Gasteiger partial charge in [0.25, 0.3) is 0 Å². The van der Waals surface area contributed by atoms with E-state index in [1.54, 1.807) is 31.2 Å². The number of rotatable bonds is 12. The molecular weight excluding hydrogens is 467 g/mol. The highest BCUT2D eigenvalue weighted by atomic mass is 19.1. The lowest BCUT2D eigenvalue weighted by atomic mass is 10.0. The molecule has 0 aliphatic carbocycles. The van der Waals surface area contributed by atoms with Gasteiger partial charge in [0, 0.05) is 36.0 Å². The number of esters is 1. The number of nitrogens with one attached hydrogen (secondary N) is 2. The van der Waals surface area contributed by atoms with E-state index in [1.807, 2.05) is 6.92 Å². The Bertz CT molecular complexity index is 1030. The van der Waals surface area contributed by atoms with Crippen LogP contribution in [0.5, 0.6) is 11.5 Å². The van der Waals surface area contributed by atoms with Crippen molar-refractivity contribution in [2.45, 2.75) is 38.8 Å². The van der Waals surface area contributed by atoms with Crippen molar-refractivity contribution in [3.05, 3.63) is 53.3 Å². The third kappa shape index (κ3) is 7.08. The number of anilines is 1. The Kier molecular flexibility index (Phi) is 9.89. The third-order valence-corrected chi connectivity index (χ3v) is 5.86. The summed E-state index contributed by atoms with van der Waals surface area (Å²) in [7, 11) is 0. The average molecular weight is 503 g/mol. The number of piperidine rings is 1. The lowest BCUT2D eigenvalue weighted by molar-refractivity contribution is -0.144. The average Bonchev–Trinajstić information content (AvgIpc) is 2.85. The number of carbonyl (C=O) groups excluding carboxylic acids is 1. The standard InChI is InChI=1S/C26H35FN4O5/c1-3-34-20-14-21(23(27)22(15-20)36-19-6-5-11-31(16-19)12-13-32)24(26(33)35-4-2)30-18-9-7-17(8-10-18)25(28)29/h7-10,14-15,19,24,30,32H,3-6,11-13,16H2,1-2H3,(H3,28,29)/t19-,24?/m1/s1. The van der Waals surface area contributed by atoms with Crippen molar-refractivity contribution in [1.29, 1.82) is 5.41 Å². The van der Waals surface area contributed by atoms with E-state index in [1.165, 1.54) is 12.1 Å². The molecule has 1 unspecified atom stereocenters. The van der Waals surface area contributed by atoms with E-state index in [0.717, 1.165) is 19.4 Å². The summed E-state index contributed by atoms with van der Waals surface area (Å²) in [6.07, 6.45) is 1.35. The number of carbonyl (C=O) groups is 1. The number of benzene rings is 2. The summed E-state index contributed by atoms with van der Waals surface area (Å²) >= 11 is 0. The van der Waals surface area contributed by atoms with Crippen molar-refractivity contribution in [3.63, 3.8) is 0 Å². The molecule has 2 aromatic rings. The van der Waals surface area contributed by atoms with Gasteiger partial charge in [-0.25, -0.2) is 9.18 Å². The molecule has 196 valence electrons. The molecule has 10 heteroatoms. The number of hydrogen-bond acceptors (Lipinski definition) is 8. The van der Waals surface area contributed by atoms with Gasteiger partial charge >= 0.3 is 5.97 Å². The molecule has 1 aliphatic rings. The SMILES string of the molecule is CCOC(=O)C(Nc1ccc(C(=N)N)cc1)c1cc(OCC)cc(O[C@@H]2CCCN(CCO)C2)c1F. The molecule has 0 spiro atoms. The van der Waals surface area contributed by atoms with Crippen LogP contribution in [0.25, 0.3) is 0 Å². The number of nitrogens with zero attached hydrogens (tertiary/aromatic N) is 1. The summed E-state index contributed by atoms with van der Waals surface area (Å²) in [5, 5.41) is 19.9. The van der Waals surface area contributed by atoms with Crippen molar-refractivity contribution in [2.75, 3.05) is 44.8 Å². The smallest absolute Gasteiger partial charge is 0.333 e. The van der Waals surface area contributed by atoms with Crippen molar-refractivity contribution < 1.29 is 28.5 Å². The third-order valence-electron chi connectivity index (χ3n) is 5.86. The Morgan fingerprint density at radius 2 is 2.03 bits per heavy atom. The second-order valence-electron chi connectivity index (χ2n) is 8.48. The molecular formula is C26H35FN4O5. The van der Waals surface area contributed by atoms with Crippen molar-refractivity contribution in [1.82, 2.24) is 4.90 Å². The zero-order chi connectivity index (χ0) is 26.1.